The van der Waals surface area contributed by atoms with Gasteiger partial charge in [0.1, 0.15) is 6.61 Å². The topological polar surface area (TPSA) is 26.3 Å². The number of esters is 1. The van der Waals surface area contributed by atoms with Gasteiger partial charge in [0.15, 0.2) is 0 Å². The predicted octanol–water partition coefficient (Wildman–Crippen LogP) is 2.38. The summed E-state index contributed by atoms with van der Waals surface area (Å²) in [5, 5.41) is 0. The van der Waals surface area contributed by atoms with Crippen molar-refractivity contribution in [1.29, 1.82) is 0 Å². The smallest absolute Gasteiger partial charge is 0.385 e. The highest BCUT2D eigenvalue weighted by Crippen LogP contribution is 1.94. The second kappa shape index (κ2) is 7.56. The molecule has 0 spiro atoms. The normalized spacial score (nSPS) is 9.56. The molecule has 1 aromatic rings. The maximum Gasteiger partial charge on any atom is 0.385 e. The van der Waals surface area contributed by atoms with Gasteiger partial charge in [-0.25, -0.2) is 4.79 Å². The van der Waals surface area contributed by atoms with Crippen LogP contribution in [0.4, 0.5) is 0 Å². The van der Waals surface area contributed by atoms with E-state index in [1.807, 2.05) is 30.3 Å². The van der Waals surface area contributed by atoms with E-state index >= 15 is 0 Å². The number of halogens is 1. The third kappa shape index (κ3) is 5.23. The Labute approximate surface area is 99.9 Å². The standard InChI is InChI=1S/C13H11ClO2/c14-10-4-5-11-16-13(15)9-8-12-6-2-1-3-7-12/h1-7H,10-11H2/b5-4+. The first-order valence-electron chi connectivity index (χ1n) is 4.77. The summed E-state index contributed by atoms with van der Waals surface area (Å²) >= 11 is 5.40. The zero-order valence-corrected chi connectivity index (χ0v) is 9.41. The fraction of sp³-hybridized carbons (Fsp3) is 0.154. The first-order valence-corrected chi connectivity index (χ1v) is 5.31. The van der Waals surface area contributed by atoms with Crippen molar-refractivity contribution in [2.75, 3.05) is 12.5 Å². The summed E-state index contributed by atoms with van der Waals surface area (Å²) in [5.41, 5.74) is 0.788. The van der Waals surface area contributed by atoms with Crippen LogP contribution in [0.25, 0.3) is 0 Å². The molecule has 1 rings (SSSR count). The second-order valence-corrected chi connectivity index (χ2v) is 3.15. The summed E-state index contributed by atoms with van der Waals surface area (Å²) in [5.74, 6) is 4.98. The summed E-state index contributed by atoms with van der Waals surface area (Å²) in [6, 6.07) is 9.26. The minimum absolute atomic E-state index is 0.203. The fourth-order valence-corrected chi connectivity index (χ4v) is 1.06. The highest BCUT2D eigenvalue weighted by molar-refractivity contribution is 6.18. The number of hydrogen-bond acceptors (Lipinski definition) is 2. The number of benzene rings is 1. The fourth-order valence-electron chi connectivity index (χ4n) is 0.936. The van der Waals surface area contributed by atoms with E-state index in [4.69, 9.17) is 16.3 Å². The van der Waals surface area contributed by atoms with E-state index in [0.29, 0.717) is 5.88 Å². The predicted molar refractivity (Wildman–Crippen MR) is 64.1 cm³/mol. The molecule has 2 nitrogen and oxygen atoms in total. The molecule has 0 saturated carbocycles. The third-order valence-electron chi connectivity index (χ3n) is 1.65. The van der Waals surface area contributed by atoms with Crippen molar-refractivity contribution in [2.45, 2.75) is 0 Å². The molecule has 82 valence electrons. The Morgan fingerprint density at radius 2 is 2.06 bits per heavy atom. The van der Waals surface area contributed by atoms with Gasteiger partial charge in [-0.3, -0.25) is 0 Å². The molecule has 3 heteroatoms. The molecule has 1 aromatic carbocycles. The van der Waals surface area contributed by atoms with Crippen LogP contribution >= 0.6 is 11.6 Å². The van der Waals surface area contributed by atoms with Crippen molar-refractivity contribution < 1.29 is 9.53 Å². The van der Waals surface area contributed by atoms with Gasteiger partial charge in [-0.15, -0.1) is 11.6 Å². The van der Waals surface area contributed by atoms with Crippen LogP contribution in [0.15, 0.2) is 42.5 Å². The largest absolute Gasteiger partial charge is 0.452 e. The van der Waals surface area contributed by atoms with Gasteiger partial charge in [0.05, 0.1) is 0 Å². The molecule has 0 aliphatic carbocycles. The maximum absolute atomic E-state index is 11.1. The molecule has 0 bridgehead atoms. The number of ether oxygens (including phenoxy) is 1. The van der Waals surface area contributed by atoms with Crippen LogP contribution in [0, 0.1) is 11.8 Å². The van der Waals surface area contributed by atoms with Gasteiger partial charge in [0.2, 0.25) is 0 Å². The zero-order valence-electron chi connectivity index (χ0n) is 8.65. The highest BCUT2D eigenvalue weighted by atomic mass is 35.5. The van der Waals surface area contributed by atoms with Crippen LogP contribution in [0.1, 0.15) is 5.56 Å². The first kappa shape index (κ1) is 12.4. The molecule has 0 amide bonds. The monoisotopic (exact) mass is 234 g/mol. The molecule has 16 heavy (non-hydrogen) atoms. The Morgan fingerprint density at radius 3 is 2.75 bits per heavy atom. The van der Waals surface area contributed by atoms with Crippen molar-refractivity contribution in [3.05, 3.63) is 48.0 Å². The summed E-state index contributed by atoms with van der Waals surface area (Å²) in [7, 11) is 0. The van der Waals surface area contributed by atoms with E-state index in [-0.39, 0.29) is 6.61 Å². The SMILES string of the molecule is O=C(C#Cc1ccccc1)OC/C=C/CCl. The minimum Gasteiger partial charge on any atom is -0.452 e. The Balaban J connectivity index is 2.40. The number of alkyl halides is 1. The van der Waals surface area contributed by atoms with Crippen molar-refractivity contribution in [3.8, 4) is 11.8 Å². The van der Waals surface area contributed by atoms with Gasteiger partial charge >= 0.3 is 5.97 Å². The van der Waals surface area contributed by atoms with Gasteiger partial charge < -0.3 is 4.74 Å². The molecule has 0 N–H and O–H groups in total. The summed E-state index contributed by atoms with van der Waals surface area (Å²) in [6.45, 7) is 0.203. The first-order chi connectivity index (χ1) is 7.83. The Hall–Kier alpha value is -1.72. The second-order valence-electron chi connectivity index (χ2n) is 2.84. The van der Waals surface area contributed by atoms with E-state index in [0.717, 1.165) is 5.56 Å². The average molecular weight is 235 g/mol. The van der Waals surface area contributed by atoms with Crippen LogP contribution in [0.5, 0.6) is 0 Å². The molecule has 0 aliphatic rings. The van der Waals surface area contributed by atoms with E-state index in [1.54, 1.807) is 12.2 Å². The molecule has 0 radical (unpaired) electrons. The molecule has 0 fully saturated rings. The molecule has 0 aliphatic heterocycles. The number of allylic oxidation sites excluding steroid dienone is 1. The zero-order chi connectivity index (χ0) is 11.6. The third-order valence-corrected chi connectivity index (χ3v) is 1.83. The Kier molecular flexibility index (Phi) is 5.83. The van der Waals surface area contributed by atoms with E-state index in [1.165, 1.54) is 0 Å². The summed E-state index contributed by atoms with van der Waals surface area (Å²) in [4.78, 5) is 11.1. The van der Waals surface area contributed by atoms with Crippen LogP contribution in [-0.2, 0) is 9.53 Å². The lowest BCUT2D eigenvalue weighted by molar-refractivity contribution is -0.135. The number of carbonyl (C=O) groups excluding carboxylic acids is 1. The van der Waals surface area contributed by atoms with E-state index < -0.39 is 5.97 Å². The van der Waals surface area contributed by atoms with Gasteiger partial charge in [-0.05, 0) is 12.1 Å². The minimum atomic E-state index is -0.539. The lowest BCUT2D eigenvalue weighted by atomic mass is 10.2. The molecule has 0 unspecified atom stereocenters. The van der Waals surface area contributed by atoms with E-state index in [9.17, 15) is 4.79 Å². The number of carbonyl (C=O) groups is 1. The molecule has 0 atom stereocenters. The van der Waals surface area contributed by atoms with Crippen molar-refractivity contribution in [1.82, 2.24) is 0 Å². The van der Waals surface area contributed by atoms with Crippen LogP contribution in [0.3, 0.4) is 0 Å². The van der Waals surface area contributed by atoms with Crippen LogP contribution < -0.4 is 0 Å². The molecule has 0 aromatic heterocycles. The van der Waals surface area contributed by atoms with Crippen molar-refractivity contribution in [2.24, 2.45) is 0 Å². The maximum atomic E-state index is 11.1. The molecule has 0 saturated heterocycles. The van der Waals surface area contributed by atoms with Crippen LogP contribution in [-0.4, -0.2) is 18.5 Å². The molecule has 0 heterocycles. The quantitative estimate of drug-likeness (QED) is 0.347. The number of rotatable bonds is 3. The van der Waals surface area contributed by atoms with Crippen molar-refractivity contribution >= 4 is 17.6 Å². The van der Waals surface area contributed by atoms with E-state index in [2.05, 4.69) is 11.8 Å². The lowest BCUT2D eigenvalue weighted by Gasteiger charge is -1.93. The Bertz CT molecular complexity index is 413. The highest BCUT2D eigenvalue weighted by Gasteiger charge is 1.93. The van der Waals surface area contributed by atoms with Gasteiger partial charge in [0, 0.05) is 17.4 Å². The summed E-state index contributed by atoms with van der Waals surface area (Å²) in [6.07, 6.45) is 3.38. The van der Waals surface area contributed by atoms with Gasteiger partial charge in [0.25, 0.3) is 0 Å². The van der Waals surface area contributed by atoms with Crippen LogP contribution in [0.2, 0.25) is 0 Å². The van der Waals surface area contributed by atoms with Gasteiger partial charge in [-0.1, -0.05) is 36.3 Å². The Morgan fingerprint density at radius 1 is 1.31 bits per heavy atom. The molecular weight excluding hydrogens is 224 g/mol. The average Bonchev–Trinajstić information content (AvgIpc) is 2.33. The summed E-state index contributed by atoms with van der Waals surface area (Å²) < 4.78 is 4.81. The van der Waals surface area contributed by atoms with Gasteiger partial charge in [-0.2, -0.15) is 0 Å². The molecular formula is C13H11ClO2. The number of hydrogen-bond donors (Lipinski definition) is 0. The van der Waals surface area contributed by atoms with Crippen molar-refractivity contribution in [3.63, 3.8) is 0 Å². The lowest BCUT2D eigenvalue weighted by Crippen LogP contribution is -2.00.